The van der Waals surface area contributed by atoms with Crippen LogP contribution in [0, 0.1) is 0 Å². The zero-order chi connectivity index (χ0) is 23.4. The summed E-state index contributed by atoms with van der Waals surface area (Å²) in [7, 11) is -2.55. The lowest BCUT2D eigenvalue weighted by Gasteiger charge is -2.26. The van der Waals surface area contributed by atoms with Gasteiger partial charge in [0.25, 0.3) is 15.9 Å². The molecule has 8 nitrogen and oxygen atoms in total. The van der Waals surface area contributed by atoms with Crippen LogP contribution in [-0.4, -0.2) is 45.5 Å². The molecule has 2 heterocycles. The number of carbonyl (C=O) groups excluding carboxylic acids is 2. The van der Waals surface area contributed by atoms with Gasteiger partial charge in [-0.2, -0.15) is 0 Å². The van der Waals surface area contributed by atoms with E-state index in [0.717, 1.165) is 12.0 Å². The summed E-state index contributed by atoms with van der Waals surface area (Å²) in [4.78, 5) is 27.8. The minimum atomic E-state index is -3.99. The Labute approximate surface area is 195 Å². The number of hydrogen-bond donors (Lipinski definition) is 1. The van der Waals surface area contributed by atoms with Gasteiger partial charge in [-0.15, -0.1) is 11.3 Å². The quantitative estimate of drug-likeness (QED) is 0.514. The van der Waals surface area contributed by atoms with Crippen molar-refractivity contribution in [3.05, 3.63) is 76.0 Å². The molecule has 0 unspecified atom stereocenters. The number of benzene rings is 2. The Balaban J connectivity index is 1.41. The standard InChI is InChI=1S/C23H22N2O6S2/c1-30-20-8-3-2-7-19(20)24-33(28,29)18-6-4-5-16(13-18)23(27)31-15-22(26)25-11-9-21-17(14-25)10-12-32-21/h2-8,10,12-13,24H,9,11,14-15H2,1H3. The number of nitrogens with one attached hydrogen (secondary N) is 1. The van der Waals surface area contributed by atoms with Crippen molar-refractivity contribution in [3.63, 3.8) is 0 Å². The van der Waals surface area contributed by atoms with Gasteiger partial charge in [-0.25, -0.2) is 13.2 Å². The third kappa shape index (κ3) is 5.18. The first-order valence-corrected chi connectivity index (χ1v) is 12.5. The van der Waals surface area contributed by atoms with E-state index in [9.17, 15) is 18.0 Å². The molecule has 0 radical (unpaired) electrons. The number of anilines is 1. The summed E-state index contributed by atoms with van der Waals surface area (Å²) >= 11 is 1.68. The van der Waals surface area contributed by atoms with Gasteiger partial charge in [-0.05, 0) is 53.8 Å². The first-order valence-electron chi connectivity index (χ1n) is 10.1. The van der Waals surface area contributed by atoms with E-state index in [0.29, 0.717) is 18.8 Å². The van der Waals surface area contributed by atoms with Crippen LogP contribution in [0.15, 0.2) is 64.9 Å². The summed E-state index contributed by atoms with van der Waals surface area (Å²) in [5.74, 6) is -0.699. The van der Waals surface area contributed by atoms with Crippen molar-refractivity contribution >= 4 is 38.9 Å². The van der Waals surface area contributed by atoms with E-state index in [1.165, 1.54) is 36.3 Å². The van der Waals surface area contributed by atoms with Crippen molar-refractivity contribution in [1.82, 2.24) is 4.90 Å². The maximum atomic E-state index is 12.8. The molecule has 172 valence electrons. The number of fused-ring (bicyclic) bond motifs is 1. The number of hydrogen-bond acceptors (Lipinski definition) is 7. The minimum absolute atomic E-state index is 0.0319. The number of para-hydroxylation sites is 2. The Morgan fingerprint density at radius 3 is 2.76 bits per heavy atom. The Morgan fingerprint density at radius 2 is 1.94 bits per heavy atom. The Bertz CT molecular complexity index is 1290. The second kappa shape index (κ2) is 9.63. The van der Waals surface area contributed by atoms with Gasteiger partial charge in [0.1, 0.15) is 5.75 Å². The SMILES string of the molecule is COc1ccccc1NS(=O)(=O)c1cccc(C(=O)OCC(=O)N2CCc3sccc3C2)c1. The summed E-state index contributed by atoms with van der Waals surface area (Å²) in [5.41, 5.74) is 1.42. The van der Waals surface area contributed by atoms with Gasteiger partial charge >= 0.3 is 5.97 Å². The number of nitrogens with zero attached hydrogens (tertiary/aromatic N) is 1. The van der Waals surface area contributed by atoms with Crippen molar-refractivity contribution in [1.29, 1.82) is 0 Å². The van der Waals surface area contributed by atoms with Gasteiger partial charge in [-0.1, -0.05) is 18.2 Å². The smallest absolute Gasteiger partial charge is 0.338 e. The predicted molar refractivity (Wildman–Crippen MR) is 124 cm³/mol. The number of amides is 1. The number of esters is 1. The molecule has 0 aliphatic carbocycles. The summed E-state index contributed by atoms with van der Waals surface area (Å²) < 4.78 is 38.4. The third-order valence-electron chi connectivity index (χ3n) is 5.22. The summed E-state index contributed by atoms with van der Waals surface area (Å²) in [6.45, 7) is 0.665. The van der Waals surface area contributed by atoms with Gasteiger partial charge in [0, 0.05) is 18.0 Å². The van der Waals surface area contributed by atoms with E-state index in [1.54, 1.807) is 40.5 Å². The van der Waals surface area contributed by atoms with E-state index in [2.05, 4.69) is 4.72 Å². The van der Waals surface area contributed by atoms with Crippen LogP contribution >= 0.6 is 11.3 Å². The van der Waals surface area contributed by atoms with Crippen LogP contribution in [0.5, 0.6) is 5.75 Å². The lowest BCUT2D eigenvalue weighted by atomic mass is 10.1. The van der Waals surface area contributed by atoms with Crippen LogP contribution in [0.4, 0.5) is 5.69 Å². The number of sulfonamides is 1. The molecule has 0 saturated heterocycles. The zero-order valence-electron chi connectivity index (χ0n) is 17.8. The fraction of sp³-hybridized carbons (Fsp3) is 0.217. The fourth-order valence-electron chi connectivity index (χ4n) is 3.49. The van der Waals surface area contributed by atoms with Crippen molar-refractivity contribution < 1.29 is 27.5 Å². The molecule has 1 amide bonds. The molecule has 4 rings (SSSR count). The molecule has 1 aliphatic heterocycles. The van der Waals surface area contributed by atoms with E-state index in [1.807, 2.05) is 11.4 Å². The van der Waals surface area contributed by atoms with E-state index >= 15 is 0 Å². The highest BCUT2D eigenvalue weighted by Gasteiger charge is 2.23. The van der Waals surface area contributed by atoms with Gasteiger partial charge in [0.15, 0.2) is 6.61 Å². The lowest BCUT2D eigenvalue weighted by molar-refractivity contribution is -0.135. The molecule has 0 fully saturated rings. The molecule has 0 saturated carbocycles. The fourth-order valence-corrected chi connectivity index (χ4v) is 5.49. The van der Waals surface area contributed by atoms with Crippen molar-refractivity contribution in [2.75, 3.05) is 25.0 Å². The number of thiophene rings is 1. The maximum Gasteiger partial charge on any atom is 0.338 e. The van der Waals surface area contributed by atoms with Crippen molar-refractivity contribution in [2.24, 2.45) is 0 Å². The monoisotopic (exact) mass is 486 g/mol. The molecule has 3 aromatic rings. The topological polar surface area (TPSA) is 102 Å². The van der Waals surface area contributed by atoms with Gasteiger partial charge in [-0.3, -0.25) is 9.52 Å². The molecule has 1 N–H and O–H groups in total. The molecule has 0 atom stereocenters. The molecule has 0 spiro atoms. The third-order valence-corrected chi connectivity index (χ3v) is 7.60. The van der Waals surface area contributed by atoms with E-state index < -0.39 is 22.6 Å². The molecule has 10 heteroatoms. The number of ether oxygens (including phenoxy) is 2. The predicted octanol–water partition coefficient (Wildman–Crippen LogP) is 3.30. The largest absolute Gasteiger partial charge is 0.495 e. The number of methoxy groups -OCH3 is 1. The average molecular weight is 487 g/mol. The molecule has 1 aliphatic rings. The summed E-state index contributed by atoms with van der Waals surface area (Å²) in [5, 5.41) is 2.00. The summed E-state index contributed by atoms with van der Waals surface area (Å²) in [6, 6.07) is 14.0. The normalized spacial score (nSPS) is 13.2. The van der Waals surface area contributed by atoms with Crippen molar-refractivity contribution in [3.8, 4) is 5.75 Å². The van der Waals surface area contributed by atoms with Gasteiger partial charge in [0.2, 0.25) is 0 Å². The molecule has 2 aromatic carbocycles. The highest BCUT2D eigenvalue weighted by atomic mass is 32.2. The Morgan fingerprint density at radius 1 is 1.12 bits per heavy atom. The first kappa shape index (κ1) is 22.8. The summed E-state index contributed by atoms with van der Waals surface area (Å²) in [6.07, 6.45) is 0.784. The lowest BCUT2D eigenvalue weighted by Crippen LogP contribution is -2.38. The highest BCUT2D eigenvalue weighted by Crippen LogP contribution is 2.27. The zero-order valence-corrected chi connectivity index (χ0v) is 19.4. The van der Waals surface area contributed by atoms with Crippen LogP contribution in [0.3, 0.4) is 0 Å². The Hall–Kier alpha value is -3.37. The minimum Gasteiger partial charge on any atom is -0.495 e. The first-order chi connectivity index (χ1) is 15.9. The highest BCUT2D eigenvalue weighted by molar-refractivity contribution is 7.92. The second-order valence-electron chi connectivity index (χ2n) is 7.34. The average Bonchev–Trinajstić information content (AvgIpc) is 3.30. The van der Waals surface area contributed by atoms with Crippen molar-refractivity contribution in [2.45, 2.75) is 17.9 Å². The van der Waals surface area contributed by atoms with Gasteiger partial charge in [0.05, 0.1) is 23.3 Å². The molecular weight excluding hydrogens is 464 g/mol. The maximum absolute atomic E-state index is 12.8. The molecule has 33 heavy (non-hydrogen) atoms. The molecule has 0 bridgehead atoms. The second-order valence-corrected chi connectivity index (χ2v) is 10.0. The van der Waals surface area contributed by atoms with Crippen LogP contribution < -0.4 is 9.46 Å². The van der Waals surface area contributed by atoms with E-state index in [4.69, 9.17) is 9.47 Å². The molecule has 1 aromatic heterocycles. The molecular formula is C23H22N2O6S2. The van der Waals surface area contributed by atoms with Crippen LogP contribution in [0.1, 0.15) is 20.8 Å². The Kier molecular flexibility index (Phi) is 6.66. The van der Waals surface area contributed by atoms with Crippen LogP contribution in [-0.2, 0) is 32.5 Å². The number of rotatable bonds is 7. The van der Waals surface area contributed by atoms with Gasteiger partial charge < -0.3 is 14.4 Å². The van der Waals surface area contributed by atoms with Crippen LogP contribution in [0.25, 0.3) is 0 Å². The number of carbonyl (C=O) groups is 2. The van der Waals surface area contributed by atoms with E-state index in [-0.39, 0.29) is 22.1 Å². The van der Waals surface area contributed by atoms with Crippen LogP contribution in [0.2, 0.25) is 0 Å².